The maximum Gasteiger partial charge on any atom is 0.271 e. The lowest BCUT2D eigenvalue weighted by atomic mass is 9.95. The maximum absolute atomic E-state index is 12.0. The molecule has 0 atom stereocenters. The number of benzene rings is 2. The van der Waals surface area contributed by atoms with E-state index in [1.807, 2.05) is 20.8 Å². The SMILES string of the molecule is CC(C)(C)C(=O)Nc1ccc(C(=O)N/N=C\c2ccc(Cl)cc2)cc1. The van der Waals surface area contributed by atoms with Crippen molar-refractivity contribution in [2.75, 3.05) is 5.32 Å². The highest BCUT2D eigenvalue weighted by atomic mass is 35.5. The first-order chi connectivity index (χ1) is 11.8. The molecule has 0 unspecified atom stereocenters. The molecular formula is C19H20ClN3O2. The third-order valence-electron chi connectivity index (χ3n) is 3.34. The normalized spacial score (nSPS) is 11.4. The lowest BCUT2D eigenvalue weighted by Crippen LogP contribution is -2.27. The zero-order valence-corrected chi connectivity index (χ0v) is 15.1. The molecule has 0 aliphatic carbocycles. The monoisotopic (exact) mass is 357 g/mol. The van der Waals surface area contributed by atoms with Crippen LogP contribution in [0.15, 0.2) is 53.6 Å². The zero-order valence-electron chi connectivity index (χ0n) is 14.3. The number of carbonyl (C=O) groups excluding carboxylic acids is 2. The molecule has 0 bridgehead atoms. The minimum atomic E-state index is -0.480. The molecule has 6 heteroatoms. The standard InChI is InChI=1S/C19H20ClN3O2/c1-19(2,3)18(25)22-16-10-6-14(7-11-16)17(24)23-21-12-13-4-8-15(20)9-5-13/h4-12H,1-3H3,(H,22,25)(H,23,24)/b21-12-. The van der Waals surface area contributed by atoms with Crippen LogP contribution in [-0.2, 0) is 4.79 Å². The summed E-state index contributed by atoms with van der Waals surface area (Å²) in [5.74, 6) is -0.420. The molecule has 2 amide bonds. The van der Waals surface area contributed by atoms with Crippen LogP contribution < -0.4 is 10.7 Å². The summed E-state index contributed by atoms with van der Waals surface area (Å²) in [4.78, 5) is 24.0. The number of hydrazone groups is 1. The predicted molar refractivity (Wildman–Crippen MR) is 101 cm³/mol. The van der Waals surface area contributed by atoms with Gasteiger partial charge in [-0.05, 0) is 42.0 Å². The van der Waals surface area contributed by atoms with Crippen molar-refractivity contribution in [2.24, 2.45) is 10.5 Å². The molecule has 2 aromatic carbocycles. The Morgan fingerprint density at radius 2 is 1.60 bits per heavy atom. The second kappa shape index (κ2) is 7.94. The fraction of sp³-hybridized carbons (Fsp3) is 0.211. The number of hydrogen-bond donors (Lipinski definition) is 2. The van der Waals surface area contributed by atoms with Gasteiger partial charge in [0.1, 0.15) is 0 Å². The molecule has 0 aromatic heterocycles. The lowest BCUT2D eigenvalue weighted by molar-refractivity contribution is -0.123. The van der Waals surface area contributed by atoms with Crippen LogP contribution in [0.5, 0.6) is 0 Å². The van der Waals surface area contributed by atoms with E-state index in [4.69, 9.17) is 11.6 Å². The van der Waals surface area contributed by atoms with Crippen molar-refractivity contribution in [3.05, 3.63) is 64.7 Å². The third-order valence-corrected chi connectivity index (χ3v) is 3.59. The van der Waals surface area contributed by atoms with E-state index in [9.17, 15) is 9.59 Å². The van der Waals surface area contributed by atoms with Gasteiger partial charge in [-0.25, -0.2) is 5.43 Å². The molecular weight excluding hydrogens is 338 g/mol. The quantitative estimate of drug-likeness (QED) is 0.639. The van der Waals surface area contributed by atoms with E-state index in [1.165, 1.54) is 6.21 Å². The van der Waals surface area contributed by atoms with Gasteiger partial charge in [0.2, 0.25) is 5.91 Å². The minimum absolute atomic E-state index is 0.0859. The summed E-state index contributed by atoms with van der Waals surface area (Å²) in [6, 6.07) is 13.7. The molecule has 2 rings (SSSR count). The van der Waals surface area contributed by atoms with Crippen LogP contribution in [0.1, 0.15) is 36.7 Å². The third kappa shape index (κ3) is 5.72. The van der Waals surface area contributed by atoms with Crippen molar-refractivity contribution >= 4 is 35.3 Å². The Hall–Kier alpha value is -2.66. The first kappa shape index (κ1) is 18.7. The van der Waals surface area contributed by atoms with Gasteiger partial charge in [-0.1, -0.05) is 44.5 Å². The molecule has 2 aromatic rings. The first-order valence-electron chi connectivity index (χ1n) is 7.76. The molecule has 0 aliphatic rings. The highest BCUT2D eigenvalue weighted by Gasteiger charge is 2.21. The number of anilines is 1. The Bertz CT molecular complexity index is 776. The van der Waals surface area contributed by atoms with Gasteiger partial charge < -0.3 is 5.32 Å². The summed E-state index contributed by atoms with van der Waals surface area (Å²) >= 11 is 5.80. The average molecular weight is 358 g/mol. The van der Waals surface area contributed by atoms with Crippen molar-refractivity contribution < 1.29 is 9.59 Å². The van der Waals surface area contributed by atoms with Crippen LogP contribution in [-0.4, -0.2) is 18.0 Å². The predicted octanol–water partition coefficient (Wildman–Crippen LogP) is 4.09. The van der Waals surface area contributed by atoms with E-state index >= 15 is 0 Å². The van der Waals surface area contributed by atoms with E-state index in [0.717, 1.165) is 5.56 Å². The van der Waals surface area contributed by atoms with Crippen molar-refractivity contribution in [3.8, 4) is 0 Å². The molecule has 5 nitrogen and oxygen atoms in total. The molecule has 2 N–H and O–H groups in total. The molecule has 0 aliphatic heterocycles. The topological polar surface area (TPSA) is 70.6 Å². The first-order valence-corrected chi connectivity index (χ1v) is 8.14. The van der Waals surface area contributed by atoms with Gasteiger partial charge in [-0.2, -0.15) is 5.10 Å². The summed E-state index contributed by atoms with van der Waals surface area (Å²) in [6.45, 7) is 5.51. The Morgan fingerprint density at radius 3 is 2.16 bits per heavy atom. The van der Waals surface area contributed by atoms with E-state index in [1.54, 1.807) is 48.5 Å². The summed E-state index contributed by atoms with van der Waals surface area (Å²) in [6.07, 6.45) is 1.53. The van der Waals surface area contributed by atoms with Gasteiger partial charge in [-0.15, -0.1) is 0 Å². The van der Waals surface area contributed by atoms with Gasteiger partial charge >= 0.3 is 0 Å². The average Bonchev–Trinajstić information content (AvgIpc) is 2.56. The number of nitrogens with one attached hydrogen (secondary N) is 2. The molecule has 0 saturated carbocycles. The van der Waals surface area contributed by atoms with Gasteiger partial charge in [-0.3, -0.25) is 9.59 Å². The molecule has 0 saturated heterocycles. The van der Waals surface area contributed by atoms with Crippen LogP contribution in [0, 0.1) is 5.41 Å². The summed E-state index contributed by atoms with van der Waals surface area (Å²) in [5.41, 5.74) is 3.89. The molecule has 0 radical (unpaired) electrons. The molecule has 0 heterocycles. The van der Waals surface area contributed by atoms with Crippen molar-refractivity contribution in [3.63, 3.8) is 0 Å². The van der Waals surface area contributed by atoms with Crippen LogP contribution in [0.25, 0.3) is 0 Å². The Kier molecular flexibility index (Phi) is 5.93. The van der Waals surface area contributed by atoms with Gasteiger partial charge in [0.15, 0.2) is 0 Å². The summed E-state index contributed by atoms with van der Waals surface area (Å²) in [7, 11) is 0. The number of hydrogen-bond acceptors (Lipinski definition) is 3. The summed E-state index contributed by atoms with van der Waals surface area (Å²) < 4.78 is 0. The maximum atomic E-state index is 12.0. The van der Waals surface area contributed by atoms with Crippen molar-refractivity contribution in [1.29, 1.82) is 0 Å². The number of rotatable bonds is 4. The fourth-order valence-electron chi connectivity index (χ4n) is 1.80. The highest BCUT2D eigenvalue weighted by molar-refractivity contribution is 6.30. The van der Waals surface area contributed by atoms with Crippen LogP contribution in [0.3, 0.4) is 0 Å². The smallest absolute Gasteiger partial charge is 0.271 e. The number of halogens is 1. The second-order valence-corrected chi connectivity index (χ2v) is 6.97. The highest BCUT2D eigenvalue weighted by Crippen LogP contribution is 2.17. The molecule has 0 fully saturated rings. The van der Waals surface area contributed by atoms with E-state index in [2.05, 4.69) is 15.8 Å². The molecule has 25 heavy (non-hydrogen) atoms. The van der Waals surface area contributed by atoms with Crippen molar-refractivity contribution in [2.45, 2.75) is 20.8 Å². The zero-order chi connectivity index (χ0) is 18.4. The molecule has 0 spiro atoms. The fourth-order valence-corrected chi connectivity index (χ4v) is 1.93. The van der Waals surface area contributed by atoms with Crippen LogP contribution >= 0.6 is 11.6 Å². The van der Waals surface area contributed by atoms with E-state index < -0.39 is 5.41 Å². The Labute approximate surface area is 152 Å². The number of amides is 2. The second-order valence-electron chi connectivity index (χ2n) is 6.53. The number of nitrogens with zero attached hydrogens (tertiary/aromatic N) is 1. The van der Waals surface area contributed by atoms with Gasteiger partial charge in [0.05, 0.1) is 6.21 Å². The van der Waals surface area contributed by atoms with Gasteiger partial charge in [0.25, 0.3) is 5.91 Å². The van der Waals surface area contributed by atoms with Gasteiger partial charge in [0, 0.05) is 21.7 Å². The van der Waals surface area contributed by atoms with E-state index in [0.29, 0.717) is 16.3 Å². The Balaban J connectivity index is 1.94. The van der Waals surface area contributed by atoms with E-state index in [-0.39, 0.29) is 11.8 Å². The molecule has 130 valence electrons. The lowest BCUT2D eigenvalue weighted by Gasteiger charge is -2.17. The Morgan fingerprint density at radius 1 is 1.00 bits per heavy atom. The minimum Gasteiger partial charge on any atom is -0.326 e. The van der Waals surface area contributed by atoms with Crippen LogP contribution in [0.4, 0.5) is 5.69 Å². The number of carbonyl (C=O) groups is 2. The van der Waals surface area contributed by atoms with Crippen molar-refractivity contribution in [1.82, 2.24) is 5.43 Å². The largest absolute Gasteiger partial charge is 0.326 e. The summed E-state index contributed by atoms with van der Waals surface area (Å²) in [5, 5.41) is 7.36. The van der Waals surface area contributed by atoms with Crippen LogP contribution in [0.2, 0.25) is 5.02 Å².